The molecule has 104 valence electrons. The molecule has 0 aliphatic heterocycles. The molecule has 20 heavy (non-hydrogen) atoms. The Hall–Kier alpha value is -2.36. The third-order valence-corrected chi connectivity index (χ3v) is 3.42. The summed E-state index contributed by atoms with van der Waals surface area (Å²) in [6.45, 7) is 3.13. The van der Waals surface area contributed by atoms with Crippen molar-refractivity contribution in [2.45, 2.75) is 25.8 Å². The topological polar surface area (TPSA) is 66.4 Å². The number of hydrogen-bond acceptors (Lipinski definition) is 2. The Kier molecular flexibility index (Phi) is 4.03. The molecule has 0 saturated heterocycles. The predicted octanol–water partition coefficient (Wildman–Crippen LogP) is 2.53. The molecule has 2 aromatic carbocycles. The van der Waals surface area contributed by atoms with E-state index >= 15 is 0 Å². The molecule has 1 amide bonds. The van der Waals surface area contributed by atoms with E-state index in [9.17, 15) is 14.7 Å². The van der Waals surface area contributed by atoms with E-state index in [0.717, 1.165) is 16.3 Å². The standard InChI is InChI=1S/C16H17NO3/c1-10(15(16(19)20)17-11(2)18)13-8-7-12-5-3-4-6-14(12)9-13/h3-10,15H,1-2H3,(H,17,18)(H,19,20)/t10-,15-/m0/s1. The van der Waals surface area contributed by atoms with E-state index < -0.39 is 12.0 Å². The van der Waals surface area contributed by atoms with Gasteiger partial charge in [0.15, 0.2) is 0 Å². The molecule has 2 atom stereocenters. The van der Waals surface area contributed by atoms with Crippen LogP contribution in [0.25, 0.3) is 10.8 Å². The fraction of sp³-hybridized carbons (Fsp3) is 0.250. The summed E-state index contributed by atoms with van der Waals surface area (Å²) in [5.41, 5.74) is 0.893. The van der Waals surface area contributed by atoms with Crippen molar-refractivity contribution in [1.82, 2.24) is 5.32 Å². The Morgan fingerprint density at radius 3 is 2.35 bits per heavy atom. The van der Waals surface area contributed by atoms with Crippen molar-refractivity contribution < 1.29 is 14.7 Å². The average molecular weight is 271 g/mol. The summed E-state index contributed by atoms with van der Waals surface area (Å²) in [7, 11) is 0. The van der Waals surface area contributed by atoms with Crippen LogP contribution in [0.4, 0.5) is 0 Å². The van der Waals surface area contributed by atoms with E-state index in [1.54, 1.807) is 6.92 Å². The number of carboxylic acids is 1. The monoisotopic (exact) mass is 271 g/mol. The molecule has 0 aliphatic rings. The maximum absolute atomic E-state index is 11.3. The minimum atomic E-state index is -1.03. The normalized spacial score (nSPS) is 13.7. The van der Waals surface area contributed by atoms with Crippen molar-refractivity contribution in [3.05, 3.63) is 48.0 Å². The van der Waals surface area contributed by atoms with Crippen molar-refractivity contribution in [3.8, 4) is 0 Å². The van der Waals surface area contributed by atoms with Crippen LogP contribution in [-0.2, 0) is 9.59 Å². The highest BCUT2D eigenvalue weighted by Crippen LogP contribution is 2.24. The number of carbonyl (C=O) groups is 2. The lowest BCUT2D eigenvalue weighted by molar-refractivity contribution is -0.142. The van der Waals surface area contributed by atoms with Crippen LogP contribution in [0.15, 0.2) is 42.5 Å². The Bertz CT molecular complexity index is 651. The summed E-state index contributed by atoms with van der Waals surface area (Å²) >= 11 is 0. The molecule has 2 rings (SSSR count). The Balaban J connectivity index is 2.35. The summed E-state index contributed by atoms with van der Waals surface area (Å²) in [4.78, 5) is 22.4. The van der Waals surface area contributed by atoms with Gasteiger partial charge in [0.05, 0.1) is 0 Å². The highest BCUT2D eigenvalue weighted by Gasteiger charge is 2.26. The number of fused-ring (bicyclic) bond motifs is 1. The van der Waals surface area contributed by atoms with E-state index in [1.165, 1.54) is 6.92 Å². The van der Waals surface area contributed by atoms with Crippen LogP contribution in [0.2, 0.25) is 0 Å². The molecule has 0 radical (unpaired) electrons. The third-order valence-electron chi connectivity index (χ3n) is 3.42. The molecular weight excluding hydrogens is 254 g/mol. The van der Waals surface area contributed by atoms with Gasteiger partial charge in [-0.3, -0.25) is 4.79 Å². The second-order valence-corrected chi connectivity index (χ2v) is 4.91. The van der Waals surface area contributed by atoms with Crippen LogP contribution in [0.1, 0.15) is 25.3 Å². The minimum absolute atomic E-state index is 0.305. The van der Waals surface area contributed by atoms with Crippen molar-refractivity contribution >= 4 is 22.6 Å². The first-order chi connectivity index (χ1) is 9.49. The lowest BCUT2D eigenvalue weighted by Crippen LogP contribution is -2.43. The van der Waals surface area contributed by atoms with Crippen molar-refractivity contribution in [2.75, 3.05) is 0 Å². The molecule has 4 nitrogen and oxygen atoms in total. The number of carbonyl (C=O) groups excluding carboxylic acids is 1. The fourth-order valence-corrected chi connectivity index (χ4v) is 2.30. The van der Waals surface area contributed by atoms with Crippen molar-refractivity contribution in [1.29, 1.82) is 0 Å². The zero-order valence-corrected chi connectivity index (χ0v) is 11.5. The molecule has 2 N–H and O–H groups in total. The van der Waals surface area contributed by atoms with Gasteiger partial charge in [0.1, 0.15) is 6.04 Å². The zero-order valence-electron chi connectivity index (χ0n) is 11.5. The number of benzene rings is 2. The smallest absolute Gasteiger partial charge is 0.326 e. The van der Waals surface area contributed by atoms with Gasteiger partial charge in [0.2, 0.25) is 5.91 Å². The average Bonchev–Trinajstić information content (AvgIpc) is 2.43. The number of aliphatic carboxylic acids is 1. The van der Waals surface area contributed by atoms with E-state index in [2.05, 4.69) is 5.32 Å². The second-order valence-electron chi connectivity index (χ2n) is 4.91. The van der Waals surface area contributed by atoms with Gasteiger partial charge in [-0.15, -0.1) is 0 Å². The largest absolute Gasteiger partial charge is 0.480 e. The number of amides is 1. The van der Waals surface area contributed by atoms with Gasteiger partial charge in [-0.1, -0.05) is 49.4 Å². The van der Waals surface area contributed by atoms with Gasteiger partial charge in [-0.25, -0.2) is 4.79 Å². The molecule has 2 aromatic rings. The fourth-order valence-electron chi connectivity index (χ4n) is 2.30. The van der Waals surface area contributed by atoms with Gasteiger partial charge in [-0.05, 0) is 16.3 Å². The van der Waals surface area contributed by atoms with Gasteiger partial charge in [0, 0.05) is 12.8 Å². The molecule has 0 aromatic heterocycles. The predicted molar refractivity (Wildman–Crippen MR) is 77.6 cm³/mol. The van der Waals surface area contributed by atoms with Crippen LogP contribution >= 0.6 is 0 Å². The quantitative estimate of drug-likeness (QED) is 0.898. The Labute approximate surface area is 117 Å². The summed E-state index contributed by atoms with van der Waals surface area (Å²) in [6.07, 6.45) is 0. The molecule has 0 aliphatic carbocycles. The maximum atomic E-state index is 11.3. The van der Waals surface area contributed by atoms with Gasteiger partial charge in [-0.2, -0.15) is 0 Å². The van der Waals surface area contributed by atoms with E-state index in [4.69, 9.17) is 0 Å². The number of hydrogen-bond donors (Lipinski definition) is 2. The first-order valence-electron chi connectivity index (χ1n) is 6.47. The number of rotatable bonds is 4. The van der Waals surface area contributed by atoms with E-state index in [0.29, 0.717) is 0 Å². The molecule has 0 bridgehead atoms. The summed E-state index contributed by atoms with van der Waals surface area (Å²) < 4.78 is 0. The van der Waals surface area contributed by atoms with Gasteiger partial charge in [0.25, 0.3) is 0 Å². The molecule has 4 heteroatoms. The molecule has 0 unspecified atom stereocenters. The van der Waals surface area contributed by atoms with Crippen molar-refractivity contribution in [2.24, 2.45) is 0 Å². The van der Waals surface area contributed by atoms with Crippen LogP contribution in [0.5, 0.6) is 0 Å². The third kappa shape index (κ3) is 2.96. The lowest BCUT2D eigenvalue weighted by atomic mass is 9.91. The molecular formula is C16H17NO3. The number of nitrogens with one attached hydrogen (secondary N) is 1. The molecule has 0 heterocycles. The Morgan fingerprint density at radius 1 is 1.10 bits per heavy atom. The maximum Gasteiger partial charge on any atom is 0.326 e. The first-order valence-corrected chi connectivity index (χ1v) is 6.47. The molecule has 0 fully saturated rings. The highest BCUT2D eigenvalue weighted by atomic mass is 16.4. The zero-order chi connectivity index (χ0) is 14.7. The van der Waals surface area contributed by atoms with Gasteiger partial charge < -0.3 is 10.4 Å². The first kappa shape index (κ1) is 14.1. The van der Waals surface area contributed by atoms with E-state index in [-0.39, 0.29) is 11.8 Å². The SMILES string of the molecule is CC(=O)N[C@H](C(=O)O)[C@@H](C)c1ccc2ccccc2c1. The van der Waals surface area contributed by atoms with Crippen LogP contribution in [0, 0.1) is 0 Å². The minimum Gasteiger partial charge on any atom is -0.480 e. The number of carboxylic acid groups (broad SMARTS) is 1. The summed E-state index contributed by atoms with van der Waals surface area (Å²) in [5.74, 6) is -1.67. The highest BCUT2D eigenvalue weighted by molar-refractivity contribution is 5.85. The lowest BCUT2D eigenvalue weighted by Gasteiger charge is -2.21. The molecule has 0 spiro atoms. The summed E-state index contributed by atoms with van der Waals surface area (Å²) in [6, 6.07) is 12.8. The van der Waals surface area contributed by atoms with Crippen LogP contribution < -0.4 is 5.32 Å². The summed E-state index contributed by atoms with van der Waals surface area (Å²) in [5, 5.41) is 13.9. The van der Waals surface area contributed by atoms with Crippen LogP contribution in [0.3, 0.4) is 0 Å². The molecule has 0 saturated carbocycles. The second kappa shape index (κ2) is 5.74. The van der Waals surface area contributed by atoms with Gasteiger partial charge >= 0.3 is 5.97 Å². The van der Waals surface area contributed by atoms with E-state index in [1.807, 2.05) is 42.5 Å². The van der Waals surface area contributed by atoms with Crippen molar-refractivity contribution in [3.63, 3.8) is 0 Å². The van der Waals surface area contributed by atoms with Crippen LogP contribution in [-0.4, -0.2) is 23.0 Å². The Morgan fingerprint density at radius 2 is 1.75 bits per heavy atom.